The second kappa shape index (κ2) is 6.52. The van der Waals surface area contributed by atoms with Gasteiger partial charge in [-0.05, 0) is 53.2 Å². The van der Waals surface area contributed by atoms with E-state index in [0.29, 0.717) is 6.54 Å². The number of aliphatic hydroxyl groups excluding tert-OH is 1. The Morgan fingerprint density at radius 2 is 2.12 bits per heavy atom. The summed E-state index contributed by atoms with van der Waals surface area (Å²) in [6.07, 6.45) is 4.00. The van der Waals surface area contributed by atoms with Crippen molar-refractivity contribution >= 4 is 27.0 Å². The van der Waals surface area contributed by atoms with Crippen LogP contribution in [-0.4, -0.2) is 38.1 Å². The number of hydrogen-bond donors (Lipinski definition) is 1. The lowest BCUT2D eigenvalue weighted by atomic mass is 10.0. The van der Waals surface area contributed by atoms with E-state index >= 15 is 0 Å². The van der Waals surface area contributed by atoms with Crippen LogP contribution < -0.4 is 0 Å². The minimum absolute atomic E-state index is 0.495. The highest BCUT2D eigenvalue weighted by atomic mass is 79.9. The fraction of sp³-hybridized carbons (Fsp3) is 0.368. The Bertz CT molecular complexity index is 919. The van der Waals surface area contributed by atoms with Gasteiger partial charge in [-0.1, -0.05) is 6.07 Å². The van der Waals surface area contributed by atoms with E-state index in [1.165, 1.54) is 22.2 Å². The molecule has 6 heteroatoms. The summed E-state index contributed by atoms with van der Waals surface area (Å²) in [5.41, 5.74) is 5.60. The van der Waals surface area contributed by atoms with E-state index in [-0.39, 0.29) is 0 Å². The molecule has 4 rings (SSSR count). The van der Waals surface area contributed by atoms with Crippen molar-refractivity contribution in [3.8, 4) is 0 Å². The smallest absolute Gasteiger partial charge is 0.140 e. The van der Waals surface area contributed by atoms with Gasteiger partial charge in [0.1, 0.15) is 10.3 Å². The molecular formula is C19H21BrN4O. The summed E-state index contributed by atoms with van der Waals surface area (Å²) >= 11 is 3.34. The average Bonchev–Trinajstić information content (AvgIpc) is 2.88. The Morgan fingerprint density at radius 1 is 1.28 bits per heavy atom. The molecule has 0 aliphatic carbocycles. The standard InChI is InChI=1S/C19H21BrN4O/c1-12-7-14-15-10-23(2)6-5-16(15)24(19(14)22-8-12)11-17(25)13-3-4-18(20)21-9-13/h3-4,7-9,17,25H,5-6,10-11H2,1-2H3. The summed E-state index contributed by atoms with van der Waals surface area (Å²) in [7, 11) is 2.15. The number of rotatable bonds is 3. The number of aromatic nitrogens is 3. The lowest BCUT2D eigenvalue weighted by molar-refractivity contribution is 0.155. The average molecular weight is 401 g/mol. The third-order valence-corrected chi connectivity index (χ3v) is 5.38. The molecule has 0 saturated carbocycles. The number of aryl methyl sites for hydroxylation is 1. The zero-order valence-corrected chi connectivity index (χ0v) is 16.0. The van der Waals surface area contributed by atoms with Crippen LogP contribution in [0.25, 0.3) is 11.0 Å². The molecule has 0 radical (unpaired) electrons. The van der Waals surface area contributed by atoms with Gasteiger partial charge in [0.25, 0.3) is 0 Å². The van der Waals surface area contributed by atoms with Gasteiger partial charge in [-0.2, -0.15) is 0 Å². The maximum atomic E-state index is 10.7. The highest BCUT2D eigenvalue weighted by Gasteiger charge is 2.24. The molecule has 25 heavy (non-hydrogen) atoms. The van der Waals surface area contributed by atoms with Crippen LogP contribution in [0.5, 0.6) is 0 Å². The molecule has 1 atom stereocenters. The predicted molar refractivity (Wildman–Crippen MR) is 101 cm³/mol. The van der Waals surface area contributed by atoms with Crippen LogP contribution in [0, 0.1) is 6.92 Å². The van der Waals surface area contributed by atoms with Crippen LogP contribution in [0.2, 0.25) is 0 Å². The molecule has 0 aromatic carbocycles. The van der Waals surface area contributed by atoms with E-state index < -0.39 is 6.10 Å². The first-order valence-corrected chi connectivity index (χ1v) is 9.27. The van der Waals surface area contributed by atoms with Gasteiger partial charge in [0, 0.05) is 48.5 Å². The Kier molecular flexibility index (Phi) is 4.35. The minimum Gasteiger partial charge on any atom is -0.386 e. The van der Waals surface area contributed by atoms with Crippen molar-refractivity contribution in [2.45, 2.75) is 32.5 Å². The van der Waals surface area contributed by atoms with Crippen LogP contribution >= 0.6 is 15.9 Å². The molecule has 5 nitrogen and oxygen atoms in total. The summed E-state index contributed by atoms with van der Waals surface area (Å²) in [6.45, 7) is 4.53. The largest absolute Gasteiger partial charge is 0.386 e. The maximum absolute atomic E-state index is 10.7. The molecule has 0 fully saturated rings. The second-order valence-electron chi connectivity index (χ2n) is 6.84. The first-order valence-electron chi connectivity index (χ1n) is 8.47. The first kappa shape index (κ1) is 16.7. The molecule has 1 aliphatic rings. The van der Waals surface area contributed by atoms with Gasteiger partial charge in [-0.25, -0.2) is 9.97 Å². The molecule has 4 heterocycles. The van der Waals surface area contributed by atoms with Crippen molar-refractivity contribution in [1.82, 2.24) is 19.4 Å². The van der Waals surface area contributed by atoms with E-state index in [4.69, 9.17) is 0 Å². The summed E-state index contributed by atoms with van der Waals surface area (Å²) < 4.78 is 2.97. The number of hydrogen-bond acceptors (Lipinski definition) is 4. The number of pyridine rings is 2. The minimum atomic E-state index is -0.608. The third kappa shape index (κ3) is 3.10. The van der Waals surface area contributed by atoms with Crippen LogP contribution in [-0.2, 0) is 19.5 Å². The van der Waals surface area contributed by atoms with Gasteiger partial charge in [0.05, 0.1) is 12.6 Å². The zero-order chi connectivity index (χ0) is 17.6. The molecule has 3 aromatic heterocycles. The Hall–Kier alpha value is -1.76. The van der Waals surface area contributed by atoms with Gasteiger partial charge in [-0.3, -0.25) is 0 Å². The highest BCUT2D eigenvalue weighted by Crippen LogP contribution is 2.31. The Balaban J connectivity index is 1.77. The normalized spacial score (nSPS) is 16.2. The second-order valence-corrected chi connectivity index (χ2v) is 7.65. The topological polar surface area (TPSA) is 54.2 Å². The quantitative estimate of drug-likeness (QED) is 0.685. The van der Waals surface area contributed by atoms with E-state index in [1.807, 2.05) is 18.3 Å². The van der Waals surface area contributed by atoms with Crippen molar-refractivity contribution in [3.63, 3.8) is 0 Å². The van der Waals surface area contributed by atoms with Crippen molar-refractivity contribution in [2.24, 2.45) is 0 Å². The lowest BCUT2D eigenvalue weighted by Gasteiger charge is -2.24. The highest BCUT2D eigenvalue weighted by molar-refractivity contribution is 9.10. The van der Waals surface area contributed by atoms with Gasteiger partial charge < -0.3 is 14.6 Å². The fourth-order valence-electron chi connectivity index (χ4n) is 3.61. The van der Waals surface area contributed by atoms with Crippen molar-refractivity contribution in [2.75, 3.05) is 13.6 Å². The van der Waals surface area contributed by atoms with Crippen molar-refractivity contribution in [1.29, 1.82) is 0 Å². The molecule has 130 valence electrons. The molecule has 1 aliphatic heterocycles. The maximum Gasteiger partial charge on any atom is 0.140 e. The van der Waals surface area contributed by atoms with Crippen molar-refractivity contribution in [3.05, 3.63) is 57.6 Å². The van der Waals surface area contributed by atoms with Gasteiger partial charge >= 0.3 is 0 Å². The number of nitrogens with zero attached hydrogens (tertiary/aromatic N) is 4. The van der Waals surface area contributed by atoms with Crippen LogP contribution in [0.15, 0.2) is 35.2 Å². The van der Waals surface area contributed by atoms with Crippen LogP contribution in [0.1, 0.15) is 28.5 Å². The molecular weight excluding hydrogens is 380 g/mol. The van der Waals surface area contributed by atoms with Gasteiger partial charge in [0.15, 0.2) is 0 Å². The SMILES string of the molecule is Cc1cnc2c(c1)c1c(n2CC(O)c2ccc(Br)nc2)CCN(C)C1. The number of likely N-dealkylation sites (N-methyl/N-ethyl adjacent to an activating group) is 1. The fourth-order valence-corrected chi connectivity index (χ4v) is 3.85. The molecule has 0 amide bonds. The van der Waals surface area contributed by atoms with Gasteiger partial charge in [0.2, 0.25) is 0 Å². The molecule has 1 unspecified atom stereocenters. The number of fused-ring (bicyclic) bond motifs is 3. The predicted octanol–water partition coefficient (Wildman–Crippen LogP) is 3.22. The molecule has 1 N–H and O–H groups in total. The summed E-state index contributed by atoms with van der Waals surface area (Å²) in [4.78, 5) is 11.2. The summed E-state index contributed by atoms with van der Waals surface area (Å²) in [5.74, 6) is 0. The van der Waals surface area contributed by atoms with E-state index in [0.717, 1.165) is 35.3 Å². The first-order chi connectivity index (χ1) is 12.0. The Morgan fingerprint density at radius 3 is 2.88 bits per heavy atom. The van der Waals surface area contributed by atoms with Crippen molar-refractivity contribution < 1.29 is 5.11 Å². The molecule has 0 bridgehead atoms. The molecule has 0 spiro atoms. The van der Waals surface area contributed by atoms with E-state index in [9.17, 15) is 5.11 Å². The molecule has 0 saturated heterocycles. The van der Waals surface area contributed by atoms with E-state index in [1.54, 1.807) is 6.20 Å². The van der Waals surface area contributed by atoms with Gasteiger partial charge in [-0.15, -0.1) is 0 Å². The van der Waals surface area contributed by atoms with Crippen LogP contribution in [0.3, 0.4) is 0 Å². The number of aliphatic hydroxyl groups is 1. The lowest BCUT2D eigenvalue weighted by Crippen LogP contribution is -2.27. The summed E-state index contributed by atoms with van der Waals surface area (Å²) in [5, 5.41) is 11.9. The number of halogens is 1. The zero-order valence-electron chi connectivity index (χ0n) is 14.4. The Labute approximate surface area is 155 Å². The monoisotopic (exact) mass is 400 g/mol. The summed E-state index contributed by atoms with van der Waals surface area (Å²) in [6, 6.07) is 5.98. The molecule has 3 aromatic rings. The van der Waals surface area contributed by atoms with Crippen LogP contribution in [0.4, 0.5) is 0 Å². The third-order valence-electron chi connectivity index (χ3n) is 4.91. The van der Waals surface area contributed by atoms with E-state index in [2.05, 4.69) is 55.4 Å².